The maximum atomic E-state index is 13.4. The van der Waals surface area contributed by atoms with Crippen LogP contribution in [0, 0.1) is 6.92 Å². The van der Waals surface area contributed by atoms with Crippen LogP contribution in [0.2, 0.25) is 0 Å². The molecule has 0 radical (unpaired) electrons. The third-order valence-electron chi connectivity index (χ3n) is 3.47. The number of rotatable bonds is 5. The van der Waals surface area contributed by atoms with Crippen LogP contribution < -0.4 is 0 Å². The fraction of sp³-hybridized carbons (Fsp3) is 0.250. The number of hydrogen-bond acceptors (Lipinski definition) is 2. The summed E-state index contributed by atoms with van der Waals surface area (Å²) >= 11 is 0. The quantitative estimate of drug-likeness (QED) is 0.842. The predicted molar refractivity (Wildman–Crippen MR) is 81.3 cm³/mol. The summed E-state index contributed by atoms with van der Waals surface area (Å²) in [6.07, 6.45) is -2.83. The van der Waals surface area contributed by atoms with Crippen molar-refractivity contribution in [2.45, 2.75) is 24.3 Å². The molecule has 2 aromatic rings. The molecule has 2 rings (SSSR count). The van der Waals surface area contributed by atoms with Gasteiger partial charge < -0.3 is 0 Å². The molecule has 0 fully saturated rings. The van der Waals surface area contributed by atoms with Gasteiger partial charge in [0.15, 0.2) is 0 Å². The highest BCUT2D eigenvalue weighted by Crippen LogP contribution is 2.31. The maximum absolute atomic E-state index is 13.4. The highest BCUT2D eigenvalue weighted by Gasteiger charge is 2.35. The minimum Gasteiger partial charge on any atom is -0.208 e. The summed E-state index contributed by atoms with van der Waals surface area (Å²) in [6, 6.07) is 12.5. The fourth-order valence-corrected chi connectivity index (χ4v) is 3.52. The Morgan fingerprint density at radius 1 is 0.955 bits per heavy atom. The van der Waals surface area contributed by atoms with Gasteiger partial charge in [0.2, 0.25) is 10.0 Å². The van der Waals surface area contributed by atoms with Crippen LogP contribution in [0.4, 0.5) is 8.78 Å². The molecule has 0 N–H and O–H groups in total. The van der Waals surface area contributed by atoms with Gasteiger partial charge in [-0.15, -0.1) is 0 Å². The van der Waals surface area contributed by atoms with E-state index >= 15 is 0 Å². The third-order valence-corrected chi connectivity index (χ3v) is 5.32. The lowest BCUT2D eigenvalue weighted by atomic mass is 10.1. The van der Waals surface area contributed by atoms with Crippen molar-refractivity contribution in [2.75, 3.05) is 7.05 Å². The summed E-state index contributed by atoms with van der Waals surface area (Å²) in [4.78, 5) is 0.00202. The van der Waals surface area contributed by atoms with Crippen LogP contribution in [0.5, 0.6) is 0 Å². The molecular weight excluding hydrogens is 308 g/mol. The van der Waals surface area contributed by atoms with Gasteiger partial charge in [0.1, 0.15) is 6.04 Å². The summed E-state index contributed by atoms with van der Waals surface area (Å²) < 4.78 is 52.7. The van der Waals surface area contributed by atoms with Crippen LogP contribution in [-0.2, 0) is 10.0 Å². The summed E-state index contributed by atoms with van der Waals surface area (Å²) in [5.41, 5.74) is 1.16. The second-order valence-electron chi connectivity index (χ2n) is 5.02. The first-order valence-electron chi connectivity index (χ1n) is 6.72. The van der Waals surface area contributed by atoms with E-state index in [-0.39, 0.29) is 10.5 Å². The van der Waals surface area contributed by atoms with Crippen LogP contribution >= 0.6 is 0 Å². The van der Waals surface area contributed by atoms with Gasteiger partial charge in [-0.05, 0) is 24.6 Å². The summed E-state index contributed by atoms with van der Waals surface area (Å²) in [6.45, 7) is 1.83. The van der Waals surface area contributed by atoms with Crippen molar-refractivity contribution >= 4 is 10.0 Å². The summed E-state index contributed by atoms with van der Waals surface area (Å²) in [7, 11) is -2.82. The van der Waals surface area contributed by atoms with Crippen molar-refractivity contribution in [1.29, 1.82) is 0 Å². The molecule has 2 aromatic carbocycles. The van der Waals surface area contributed by atoms with E-state index in [4.69, 9.17) is 0 Å². The van der Waals surface area contributed by atoms with Gasteiger partial charge in [-0.1, -0.05) is 48.0 Å². The highest BCUT2D eigenvalue weighted by molar-refractivity contribution is 7.89. The van der Waals surface area contributed by atoms with Crippen LogP contribution in [0.3, 0.4) is 0 Å². The Morgan fingerprint density at radius 3 is 2.00 bits per heavy atom. The van der Waals surface area contributed by atoms with Gasteiger partial charge in [0.05, 0.1) is 4.90 Å². The molecule has 1 atom stereocenters. The number of halogens is 2. The Balaban J connectivity index is 2.42. The van der Waals surface area contributed by atoms with Gasteiger partial charge in [-0.2, -0.15) is 4.31 Å². The van der Waals surface area contributed by atoms with E-state index in [1.165, 1.54) is 31.3 Å². The molecule has 22 heavy (non-hydrogen) atoms. The van der Waals surface area contributed by atoms with E-state index < -0.39 is 22.5 Å². The summed E-state index contributed by atoms with van der Waals surface area (Å²) in [5.74, 6) is 0. The van der Waals surface area contributed by atoms with Gasteiger partial charge in [-0.25, -0.2) is 17.2 Å². The molecule has 0 aromatic heterocycles. The lowest BCUT2D eigenvalue weighted by Crippen LogP contribution is -2.35. The molecule has 0 heterocycles. The number of aryl methyl sites for hydroxylation is 1. The molecule has 0 unspecified atom stereocenters. The molecule has 3 nitrogen and oxygen atoms in total. The van der Waals surface area contributed by atoms with E-state index in [9.17, 15) is 17.2 Å². The van der Waals surface area contributed by atoms with E-state index in [0.717, 1.165) is 9.87 Å². The fourth-order valence-electron chi connectivity index (χ4n) is 2.19. The average molecular weight is 325 g/mol. The standard InChI is InChI=1S/C16H17F2NO2S/c1-12-8-10-14(11-9-12)22(20,21)19(2)15(16(17)18)13-6-4-3-5-7-13/h3-11,15-16H,1-2H3/t15-/m1/s1. The van der Waals surface area contributed by atoms with Crippen molar-refractivity contribution in [2.24, 2.45) is 0 Å². The largest absolute Gasteiger partial charge is 0.259 e. The molecule has 0 aliphatic heterocycles. The summed E-state index contributed by atoms with van der Waals surface area (Å²) in [5, 5.41) is 0. The Labute approximate surface area is 129 Å². The zero-order chi connectivity index (χ0) is 16.3. The van der Waals surface area contributed by atoms with E-state index in [1.807, 2.05) is 6.92 Å². The number of nitrogens with zero attached hydrogens (tertiary/aromatic N) is 1. The van der Waals surface area contributed by atoms with Crippen LogP contribution in [0.1, 0.15) is 17.2 Å². The molecule has 0 aliphatic rings. The SMILES string of the molecule is Cc1ccc(S(=O)(=O)N(C)[C@H](c2ccccc2)C(F)F)cc1. The molecule has 0 amide bonds. The molecule has 0 spiro atoms. The molecule has 0 saturated heterocycles. The smallest absolute Gasteiger partial charge is 0.208 e. The van der Waals surface area contributed by atoms with Gasteiger partial charge in [0.25, 0.3) is 6.43 Å². The second-order valence-corrected chi connectivity index (χ2v) is 7.02. The Kier molecular flexibility index (Phi) is 4.93. The highest BCUT2D eigenvalue weighted by atomic mass is 32.2. The van der Waals surface area contributed by atoms with Crippen molar-refractivity contribution < 1.29 is 17.2 Å². The van der Waals surface area contributed by atoms with Gasteiger partial charge in [-0.3, -0.25) is 0 Å². The Bertz CT molecular complexity index is 716. The van der Waals surface area contributed by atoms with Crippen molar-refractivity contribution in [3.8, 4) is 0 Å². The number of sulfonamides is 1. The zero-order valence-electron chi connectivity index (χ0n) is 12.3. The molecule has 118 valence electrons. The lowest BCUT2D eigenvalue weighted by molar-refractivity contribution is 0.0699. The molecule has 0 aliphatic carbocycles. The Hall–Kier alpha value is -1.79. The van der Waals surface area contributed by atoms with E-state index in [2.05, 4.69) is 0 Å². The first kappa shape index (κ1) is 16.6. The second kappa shape index (κ2) is 6.54. The minimum absolute atomic E-state index is 0.00202. The minimum atomic E-state index is -3.99. The van der Waals surface area contributed by atoms with Gasteiger partial charge >= 0.3 is 0 Å². The normalized spacial score (nSPS) is 13.5. The zero-order valence-corrected chi connectivity index (χ0v) is 13.1. The van der Waals surface area contributed by atoms with Crippen molar-refractivity contribution in [1.82, 2.24) is 4.31 Å². The average Bonchev–Trinajstić information content (AvgIpc) is 2.48. The van der Waals surface area contributed by atoms with E-state index in [0.29, 0.717) is 0 Å². The van der Waals surface area contributed by atoms with Crippen LogP contribution in [0.25, 0.3) is 0 Å². The molecule has 0 saturated carbocycles. The number of hydrogen-bond donors (Lipinski definition) is 0. The van der Waals surface area contributed by atoms with Gasteiger partial charge in [0, 0.05) is 7.05 Å². The third kappa shape index (κ3) is 3.34. The van der Waals surface area contributed by atoms with Crippen LogP contribution in [0.15, 0.2) is 59.5 Å². The number of benzene rings is 2. The number of alkyl halides is 2. The first-order chi connectivity index (χ1) is 10.3. The first-order valence-corrected chi connectivity index (χ1v) is 8.16. The Morgan fingerprint density at radius 2 is 1.50 bits per heavy atom. The lowest BCUT2D eigenvalue weighted by Gasteiger charge is -2.27. The molecule has 6 heteroatoms. The molecular formula is C16H17F2NO2S. The predicted octanol–water partition coefficient (Wildman–Crippen LogP) is 3.62. The van der Waals surface area contributed by atoms with Crippen molar-refractivity contribution in [3.63, 3.8) is 0 Å². The monoisotopic (exact) mass is 325 g/mol. The maximum Gasteiger partial charge on any atom is 0.259 e. The van der Waals surface area contributed by atoms with E-state index in [1.54, 1.807) is 30.3 Å². The van der Waals surface area contributed by atoms with Crippen molar-refractivity contribution in [3.05, 3.63) is 65.7 Å². The topological polar surface area (TPSA) is 37.4 Å². The molecule has 0 bridgehead atoms. The van der Waals surface area contributed by atoms with Crippen LogP contribution in [-0.4, -0.2) is 26.2 Å².